The maximum atomic E-state index is 5.63. The number of benzene rings is 3. The zero-order valence-corrected chi connectivity index (χ0v) is 22.5. The number of hydrogen-bond acceptors (Lipinski definition) is 11. The van der Waals surface area contributed by atoms with Crippen molar-refractivity contribution < 1.29 is 28.4 Å². The van der Waals surface area contributed by atoms with Crippen LogP contribution < -0.4 is 28.4 Å². The van der Waals surface area contributed by atoms with Crippen molar-refractivity contribution in [2.24, 2.45) is 0 Å². The van der Waals surface area contributed by atoms with E-state index in [0.29, 0.717) is 45.9 Å². The average molecular weight is 536 g/mol. The molecule has 0 unspecified atom stereocenters. The molecule has 0 aliphatic rings. The van der Waals surface area contributed by atoms with Crippen LogP contribution in [0.25, 0.3) is 37.9 Å². The molecule has 0 fully saturated rings. The van der Waals surface area contributed by atoms with Crippen molar-refractivity contribution in [2.75, 3.05) is 42.7 Å². The number of methoxy groups -OCH3 is 6. The van der Waals surface area contributed by atoms with E-state index >= 15 is 0 Å². The standard InChI is InChI=1S/C26H25N5O6S/c1-32-18-11-15(12-19(33-2)21(18)35-4)25-28-29-30-31(25)16-9-7-14(8-10-16)26-27-17-13-20(34-3)22(36-5)23(37-6)24(17)38-26/h7-13H,1-6H3. The van der Waals surface area contributed by atoms with Gasteiger partial charge in [0.2, 0.25) is 11.5 Å². The lowest BCUT2D eigenvalue weighted by Gasteiger charge is -2.14. The molecule has 0 atom stereocenters. The fraction of sp³-hybridized carbons (Fsp3) is 0.231. The summed E-state index contributed by atoms with van der Waals surface area (Å²) in [4.78, 5) is 4.80. The van der Waals surface area contributed by atoms with Crippen LogP contribution in [-0.4, -0.2) is 67.9 Å². The first-order valence-electron chi connectivity index (χ1n) is 11.4. The Morgan fingerprint density at radius 1 is 0.658 bits per heavy atom. The van der Waals surface area contributed by atoms with Gasteiger partial charge in [-0.2, -0.15) is 4.68 Å². The Bertz CT molecular complexity index is 1570. The van der Waals surface area contributed by atoms with Crippen molar-refractivity contribution in [3.8, 4) is 62.1 Å². The molecule has 5 aromatic rings. The number of ether oxygens (including phenoxy) is 6. The van der Waals surface area contributed by atoms with Gasteiger partial charge in [-0.05, 0) is 46.8 Å². The Hall–Kier alpha value is -4.58. The van der Waals surface area contributed by atoms with Crippen LogP contribution in [0, 0.1) is 0 Å². The molecule has 0 spiro atoms. The topological polar surface area (TPSA) is 112 Å². The minimum absolute atomic E-state index is 0.491. The van der Waals surface area contributed by atoms with Gasteiger partial charge in [0.15, 0.2) is 28.8 Å². The summed E-state index contributed by atoms with van der Waals surface area (Å²) in [6, 6.07) is 13.2. The highest BCUT2D eigenvalue weighted by Crippen LogP contribution is 2.47. The van der Waals surface area contributed by atoms with E-state index in [1.807, 2.05) is 30.3 Å². The zero-order chi connectivity index (χ0) is 26.8. The maximum absolute atomic E-state index is 5.63. The average Bonchev–Trinajstić information content (AvgIpc) is 3.63. The van der Waals surface area contributed by atoms with E-state index in [1.54, 1.807) is 59.5 Å². The summed E-state index contributed by atoms with van der Waals surface area (Å²) in [6.45, 7) is 0. The van der Waals surface area contributed by atoms with Crippen LogP contribution in [0.3, 0.4) is 0 Å². The van der Waals surface area contributed by atoms with E-state index < -0.39 is 0 Å². The minimum atomic E-state index is 0.491. The molecule has 5 rings (SSSR count). The largest absolute Gasteiger partial charge is 0.493 e. The van der Waals surface area contributed by atoms with Gasteiger partial charge in [-0.15, -0.1) is 16.4 Å². The fourth-order valence-electron chi connectivity index (χ4n) is 4.15. The van der Waals surface area contributed by atoms with Gasteiger partial charge in [0, 0.05) is 17.2 Å². The molecule has 12 heteroatoms. The summed E-state index contributed by atoms with van der Waals surface area (Å²) in [5, 5.41) is 13.1. The molecular weight excluding hydrogens is 510 g/mol. The lowest BCUT2D eigenvalue weighted by Crippen LogP contribution is -2.01. The van der Waals surface area contributed by atoms with Gasteiger partial charge >= 0.3 is 0 Å². The summed E-state index contributed by atoms with van der Waals surface area (Å²) >= 11 is 1.51. The van der Waals surface area contributed by atoms with Gasteiger partial charge in [0.1, 0.15) is 9.71 Å². The fourth-order valence-corrected chi connectivity index (χ4v) is 5.22. The molecule has 0 radical (unpaired) electrons. The molecule has 0 aliphatic heterocycles. The van der Waals surface area contributed by atoms with Crippen molar-refractivity contribution in [1.29, 1.82) is 0 Å². The van der Waals surface area contributed by atoms with Crippen LogP contribution in [0.5, 0.6) is 34.5 Å². The first-order chi connectivity index (χ1) is 18.6. The Morgan fingerprint density at radius 2 is 1.26 bits per heavy atom. The number of nitrogens with zero attached hydrogens (tertiary/aromatic N) is 5. The number of rotatable bonds is 9. The van der Waals surface area contributed by atoms with E-state index in [1.165, 1.54) is 11.3 Å². The number of aromatic nitrogens is 5. The Kier molecular flexibility index (Phi) is 6.88. The summed E-state index contributed by atoms with van der Waals surface area (Å²) in [7, 11) is 9.45. The molecule has 3 aromatic carbocycles. The molecule has 2 aromatic heterocycles. The van der Waals surface area contributed by atoms with Crippen molar-refractivity contribution in [3.63, 3.8) is 0 Å². The predicted octanol–water partition coefficient (Wildman–Crippen LogP) is 4.66. The van der Waals surface area contributed by atoms with Gasteiger partial charge < -0.3 is 28.4 Å². The predicted molar refractivity (Wildman–Crippen MR) is 143 cm³/mol. The summed E-state index contributed by atoms with van der Waals surface area (Å²) in [5.41, 5.74) is 3.16. The van der Waals surface area contributed by atoms with E-state index in [-0.39, 0.29) is 0 Å². The van der Waals surface area contributed by atoms with Crippen LogP contribution in [0.2, 0.25) is 0 Å². The molecule has 0 saturated carbocycles. The Balaban J connectivity index is 1.53. The van der Waals surface area contributed by atoms with E-state index in [2.05, 4.69) is 15.5 Å². The van der Waals surface area contributed by atoms with Gasteiger partial charge in [-0.1, -0.05) is 0 Å². The molecule has 11 nitrogen and oxygen atoms in total. The maximum Gasteiger partial charge on any atom is 0.204 e. The van der Waals surface area contributed by atoms with Crippen molar-refractivity contribution in [1.82, 2.24) is 25.2 Å². The second kappa shape index (κ2) is 10.4. The van der Waals surface area contributed by atoms with E-state index in [0.717, 1.165) is 26.5 Å². The third-order valence-corrected chi connectivity index (χ3v) is 7.06. The highest BCUT2D eigenvalue weighted by molar-refractivity contribution is 7.22. The summed E-state index contributed by atoms with van der Waals surface area (Å²) in [6.07, 6.45) is 0. The monoisotopic (exact) mass is 535 g/mol. The minimum Gasteiger partial charge on any atom is -0.493 e. The lowest BCUT2D eigenvalue weighted by molar-refractivity contribution is 0.324. The van der Waals surface area contributed by atoms with Crippen LogP contribution in [-0.2, 0) is 0 Å². The van der Waals surface area contributed by atoms with Crippen molar-refractivity contribution >= 4 is 21.6 Å². The first kappa shape index (κ1) is 25.1. The van der Waals surface area contributed by atoms with Gasteiger partial charge in [-0.3, -0.25) is 0 Å². The number of thiazole rings is 1. The van der Waals surface area contributed by atoms with E-state index in [9.17, 15) is 0 Å². The molecule has 196 valence electrons. The lowest BCUT2D eigenvalue weighted by atomic mass is 10.1. The third kappa shape index (κ3) is 4.18. The van der Waals surface area contributed by atoms with Crippen LogP contribution in [0.1, 0.15) is 0 Å². The third-order valence-electron chi connectivity index (χ3n) is 5.94. The van der Waals surface area contributed by atoms with Gasteiger partial charge in [0.25, 0.3) is 0 Å². The summed E-state index contributed by atoms with van der Waals surface area (Å²) < 4.78 is 35.5. The molecule has 0 bridgehead atoms. The number of hydrogen-bond donors (Lipinski definition) is 0. The molecule has 38 heavy (non-hydrogen) atoms. The first-order valence-corrected chi connectivity index (χ1v) is 12.2. The zero-order valence-electron chi connectivity index (χ0n) is 21.6. The Labute approximate surface area is 222 Å². The van der Waals surface area contributed by atoms with Crippen molar-refractivity contribution in [2.45, 2.75) is 0 Å². The second-order valence-corrected chi connectivity index (χ2v) is 8.89. The molecular formula is C26H25N5O6S. The van der Waals surface area contributed by atoms with Crippen molar-refractivity contribution in [3.05, 3.63) is 42.5 Å². The summed E-state index contributed by atoms with van der Waals surface area (Å²) in [5.74, 6) is 3.70. The highest BCUT2D eigenvalue weighted by atomic mass is 32.1. The quantitative estimate of drug-likeness (QED) is 0.264. The molecule has 0 amide bonds. The molecule has 2 heterocycles. The van der Waals surface area contributed by atoms with Gasteiger partial charge in [-0.25, -0.2) is 4.98 Å². The van der Waals surface area contributed by atoms with Crippen LogP contribution in [0.4, 0.5) is 0 Å². The molecule has 0 aliphatic carbocycles. The van der Waals surface area contributed by atoms with E-state index in [4.69, 9.17) is 33.4 Å². The SMILES string of the molecule is COc1cc(-c2nnnn2-c2ccc(-c3nc4cc(OC)c(OC)c(OC)c4s3)cc2)cc(OC)c1OC. The van der Waals surface area contributed by atoms with Crippen LogP contribution >= 0.6 is 11.3 Å². The molecule has 0 saturated heterocycles. The highest BCUT2D eigenvalue weighted by Gasteiger charge is 2.21. The smallest absolute Gasteiger partial charge is 0.204 e. The number of tetrazole rings is 1. The van der Waals surface area contributed by atoms with Gasteiger partial charge in [0.05, 0.1) is 53.9 Å². The number of fused-ring (bicyclic) bond motifs is 1. The normalized spacial score (nSPS) is 10.9. The second-order valence-electron chi connectivity index (χ2n) is 7.89. The molecule has 0 N–H and O–H groups in total. The van der Waals surface area contributed by atoms with Crippen LogP contribution in [0.15, 0.2) is 42.5 Å². The Morgan fingerprint density at radius 3 is 1.84 bits per heavy atom.